The van der Waals surface area contributed by atoms with E-state index in [0.29, 0.717) is 13.1 Å². The van der Waals surface area contributed by atoms with Gasteiger partial charge in [0, 0.05) is 39.3 Å². The minimum atomic E-state index is -0.492. The number of carbonyl (C=O) groups excluding carboxylic acids is 1. The van der Waals surface area contributed by atoms with Crippen molar-refractivity contribution in [2.24, 2.45) is 0 Å². The average Bonchev–Trinajstić information content (AvgIpc) is 3.29. The first kappa shape index (κ1) is 18.5. The highest BCUT2D eigenvalue weighted by Crippen LogP contribution is 2.20. The number of nitrogens with zero attached hydrogens (tertiary/aromatic N) is 5. The Morgan fingerprint density at radius 2 is 1.43 bits per heavy atom. The van der Waals surface area contributed by atoms with E-state index in [1.807, 2.05) is 48.2 Å². The van der Waals surface area contributed by atoms with Gasteiger partial charge in [-0.1, -0.05) is 18.2 Å². The molecule has 2 aliphatic rings. The predicted molar refractivity (Wildman–Crippen MR) is 109 cm³/mol. The molecule has 7 nitrogen and oxygen atoms in total. The molecule has 28 heavy (non-hydrogen) atoms. The van der Waals surface area contributed by atoms with Crippen molar-refractivity contribution < 1.29 is 9.53 Å². The van der Waals surface area contributed by atoms with Crippen LogP contribution in [0.15, 0.2) is 42.5 Å². The van der Waals surface area contributed by atoms with Crippen molar-refractivity contribution in [2.75, 3.05) is 49.1 Å². The number of anilines is 2. The normalized spacial score (nSPS) is 18.2. The van der Waals surface area contributed by atoms with Crippen LogP contribution in [0.2, 0.25) is 0 Å². The molecular formula is C21H27N5O2. The first-order valence-electron chi connectivity index (χ1n) is 10.0. The van der Waals surface area contributed by atoms with Gasteiger partial charge in [-0.2, -0.15) is 0 Å². The van der Waals surface area contributed by atoms with Crippen LogP contribution in [0, 0.1) is 0 Å². The first-order valence-corrected chi connectivity index (χ1v) is 10.0. The van der Waals surface area contributed by atoms with E-state index in [4.69, 9.17) is 4.74 Å². The van der Waals surface area contributed by atoms with E-state index in [0.717, 1.165) is 43.6 Å². The third-order valence-electron chi connectivity index (χ3n) is 5.39. The molecule has 2 saturated heterocycles. The number of rotatable bonds is 5. The molecule has 2 aliphatic heterocycles. The number of hydrogen-bond acceptors (Lipinski definition) is 6. The van der Waals surface area contributed by atoms with E-state index >= 15 is 0 Å². The molecule has 3 heterocycles. The number of carbonyl (C=O) groups is 1. The van der Waals surface area contributed by atoms with Gasteiger partial charge in [0.2, 0.25) is 0 Å². The third kappa shape index (κ3) is 4.18. The van der Waals surface area contributed by atoms with E-state index in [1.165, 1.54) is 12.8 Å². The molecule has 0 radical (unpaired) electrons. The number of piperazine rings is 1. The Morgan fingerprint density at radius 1 is 0.857 bits per heavy atom. The van der Waals surface area contributed by atoms with Gasteiger partial charge in [0.05, 0.1) is 0 Å². The second-order valence-corrected chi connectivity index (χ2v) is 7.33. The summed E-state index contributed by atoms with van der Waals surface area (Å²) in [6, 6.07) is 13.6. The molecule has 2 fully saturated rings. The van der Waals surface area contributed by atoms with Gasteiger partial charge in [-0.15, -0.1) is 10.2 Å². The topological polar surface area (TPSA) is 61.8 Å². The van der Waals surface area contributed by atoms with Gasteiger partial charge in [0.25, 0.3) is 5.91 Å². The van der Waals surface area contributed by atoms with Crippen molar-refractivity contribution in [1.29, 1.82) is 0 Å². The minimum absolute atomic E-state index is 0.0268. The average molecular weight is 381 g/mol. The van der Waals surface area contributed by atoms with Crippen molar-refractivity contribution in [3.05, 3.63) is 42.5 Å². The van der Waals surface area contributed by atoms with Gasteiger partial charge in [-0.05, 0) is 44.0 Å². The molecular weight excluding hydrogens is 354 g/mol. The highest BCUT2D eigenvalue weighted by atomic mass is 16.5. The quantitative estimate of drug-likeness (QED) is 0.791. The lowest BCUT2D eigenvalue weighted by atomic mass is 10.2. The largest absolute Gasteiger partial charge is 0.481 e. The Morgan fingerprint density at radius 3 is 2.00 bits per heavy atom. The Balaban J connectivity index is 1.29. The second kappa shape index (κ2) is 8.46. The summed E-state index contributed by atoms with van der Waals surface area (Å²) >= 11 is 0. The Hall–Kier alpha value is -2.83. The fourth-order valence-electron chi connectivity index (χ4n) is 3.77. The van der Waals surface area contributed by atoms with Crippen LogP contribution in [0.5, 0.6) is 5.75 Å². The van der Waals surface area contributed by atoms with Crippen LogP contribution in [0.3, 0.4) is 0 Å². The van der Waals surface area contributed by atoms with E-state index in [9.17, 15) is 4.79 Å². The van der Waals surface area contributed by atoms with E-state index in [2.05, 4.69) is 26.1 Å². The molecule has 0 spiro atoms. The molecule has 1 amide bonds. The minimum Gasteiger partial charge on any atom is -0.481 e. The summed E-state index contributed by atoms with van der Waals surface area (Å²) in [6.45, 7) is 6.77. The number of ether oxygens (including phenoxy) is 1. The van der Waals surface area contributed by atoms with Gasteiger partial charge in [-0.3, -0.25) is 4.79 Å². The first-order chi connectivity index (χ1) is 13.7. The molecule has 0 bridgehead atoms. The summed E-state index contributed by atoms with van der Waals surface area (Å²) < 4.78 is 5.77. The zero-order valence-electron chi connectivity index (χ0n) is 16.3. The summed E-state index contributed by atoms with van der Waals surface area (Å²) in [4.78, 5) is 19.0. The lowest BCUT2D eigenvalue weighted by Gasteiger charge is -2.36. The van der Waals surface area contributed by atoms with E-state index in [1.54, 1.807) is 0 Å². The fraction of sp³-hybridized carbons (Fsp3) is 0.476. The van der Waals surface area contributed by atoms with Crippen molar-refractivity contribution in [3.8, 4) is 5.75 Å². The summed E-state index contributed by atoms with van der Waals surface area (Å²) in [6.07, 6.45) is 1.96. The van der Waals surface area contributed by atoms with Crippen LogP contribution in [-0.4, -0.2) is 66.4 Å². The van der Waals surface area contributed by atoms with Gasteiger partial charge in [-0.25, -0.2) is 0 Å². The molecule has 2 aromatic rings. The van der Waals surface area contributed by atoms with Gasteiger partial charge >= 0.3 is 0 Å². The summed E-state index contributed by atoms with van der Waals surface area (Å²) in [5.41, 5.74) is 0. The van der Waals surface area contributed by atoms with Gasteiger partial charge in [0.1, 0.15) is 5.75 Å². The molecule has 148 valence electrons. The standard InChI is InChI=1S/C21H27N5O2/c1-17(28-18-7-3-2-4-8-18)21(27)26-15-13-25(14-16-26)20-10-9-19(22-23-20)24-11-5-6-12-24/h2-4,7-10,17H,5-6,11-16H2,1H3. The highest BCUT2D eigenvalue weighted by Gasteiger charge is 2.27. The Bertz CT molecular complexity index is 769. The number of benzene rings is 1. The second-order valence-electron chi connectivity index (χ2n) is 7.33. The van der Waals surface area contributed by atoms with Crippen LogP contribution in [0.25, 0.3) is 0 Å². The molecule has 1 unspecified atom stereocenters. The molecule has 0 aliphatic carbocycles. The molecule has 0 saturated carbocycles. The Labute approximate surface area is 165 Å². The van der Waals surface area contributed by atoms with Crippen molar-refractivity contribution in [2.45, 2.75) is 25.9 Å². The predicted octanol–water partition coefficient (Wildman–Crippen LogP) is 2.19. The zero-order chi connectivity index (χ0) is 19.3. The van der Waals surface area contributed by atoms with E-state index in [-0.39, 0.29) is 5.91 Å². The molecule has 1 atom stereocenters. The fourth-order valence-corrected chi connectivity index (χ4v) is 3.77. The van der Waals surface area contributed by atoms with Crippen LogP contribution in [0.1, 0.15) is 19.8 Å². The zero-order valence-corrected chi connectivity index (χ0v) is 16.3. The van der Waals surface area contributed by atoms with Gasteiger partial charge < -0.3 is 19.4 Å². The molecule has 4 rings (SSSR count). The number of aromatic nitrogens is 2. The maximum atomic E-state index is 12.7. The third-order valence-corrected chi connectivity index (χ3v) is 5.39. The van der Waals surface area contributed by atoms with Crippen LogP contribution >= 0.6 is 0 Å². The number of hydrogen-bond donors (Lipinski definition) is 0. The summed E-state index contributed by atoms with van der Waals surface area (Å²) in [5, 5.41) is 8.81. The summed E-state index contributed by atoms with van der Waals surface area (Å²) in [5.74, 6) is 2.58. The summed E-state index contributed by atoms with van der Waals surface area (Å²) in [7, 11) is 0. The lowest BCUT2D eigenvalue weighted by molar-refractivity contribution is -0.138. The van der Waals surface area contributed by atoms with Crippen molar-refractivity contribution >= 4 is 17.5 Å². The SMILES string of the molecule is CC(Oc1ccccc1)C(=O)N1CCN(c2ccc(N3CCCC3)nn2)CC1. The highest BCUT2D eigenvalue weighted by molar-refractivity contribution is 5.81. The van der Waals surface area contributed by atoms with Crippen LogP contribution in [0.4, 0.5) is 11.6 Å². The molecule has 7 heteroatoms. The van der Waals surface area contributed by atoms with E-state index < -0.39 is 6.10 Å². The molecule has 0 N–H and O–H groups in total. The molecule has 1 aromatic heterocycles. The maximum Gasteiger partial charge on any atom is 0.263 e. The Kier molecular flexibility index (Phi) is 5.60. The van der Waals surface area contributed by atoms with Crippen LogP contribution in [-0.2, 0) is 4.79 Å². The molecule has 1 aromatic carbocycles. The number of amides is 1. The lowest BCUT2D eigenvalue weighted by Crippen LogP contribution is -2.52. The van der Waals surface area contributed by atoms with Crippen molar-refractivity contribution in [3.63, 3.8) is 0 Å². The monoisotopic (exact) mass is 381 g/mol. The van der Waals surface area contributed by atoms with Crippen LogP contribution < -0.4 is 14.5 Å². The van der Waals surface area contributed by atoms with Gasteiger partial charge in [0.15, 0.2) is 17.7 Å². The number of para-hydroxylation sites is 1. The smallest absolute Gasteiger partial charge is 0.263 e. The van der Waals surface area contributed by atoms with Crippen molar-refractivity contribution in [1.82, 2.24) is 15.1 Å². The maximum absolute atomic E-state index is 12.7.